The van der Waals surface area contributed by atoms with Gasteiger partial charge >= 0.3 is 0 Å². The molecule has 0 amide bonds. The molecular formula is C17H19NO3S. The van der Waals surface area contributed by atoms with E-state index >= 15 is 0 Å². The Morgan fingerprint density at radius 3 is 2.41 bits per heavy atom. The van der Waals surface area contributed by atoms with Gasteiger partial charge in [0, 0.05) is 0 Å². The van der Waals surface area contributed by atoms with E-state index in [9.17, 15) is 8.42 Å². The number of sulfonamides is 1. The Kier molecular flexibility index (Phi) is 4.88. The molecule has 0 radical (unpaired) electrons. The minimum atomic E-state index is -3.65. The molecule has 2 rings (SSSR count). The number of ether oxygens (including phenoxy) is 1. The second kappa shape index (κ2) is 6.66. The molecule has 0 unspecified atom stereocenters. The van der Waals surface area contributed by atoms with E-state index in [4.69, 9.17) is 4.74 Å². The van der Waals surface area contributed by atoms with Crippen molar-refractivity contribution in [1.29, 1.82) is 0 Å². The summed E-state index contributed by atoms with van der Waals surface area (Å²) < 4.78 is 32.1. The van der Waals surface area contributed by atoms with Crippen LogP contribution in [0, 0.1) is 6.92 Å². The molecule has 5 heteroatoms. The van der Waals surface area contributed by atoms with E-state index in [-0.39, 0.29) is 11.4 Å². The van der Waals surface area contributed by atoms with E-state index in [2.05, 4.69) is 6.58 Å². The van der Waals surface area contributed by atoms with Crippen molar-refractivity contribution < 1.29 is 13.2 Å². The van der Waals surface area contributed by atoms with Crippen LogP contribution in [-0.2, 0) is 10.0 Å². The van der Waals surface area contributed by atoms with Crippen LogP contribution in [0.3, 0.4) is 0 Å². The molecule has 0 heterocycles. The van der Waals surface area contributed by atoms with Gasteiger partial charge in [-0.25, -0.2) is 8.42 Å². The first-order valence-corrected chi connectivity index (χ1v) is 8.27. The van der Waals surface area contributed by atoms with E-state index in [1.807, 2.05) is 25.1 Å². The molecular weight excluding hydrogens is 298 g/mol. The summed E-state index contributed by atoms with van der Waals surface area (Å²) >= 11 is 0. The van der Waals surface area contributed by atoms with Crippen molar-refractivity contribution >= 4 is 15.7 Å². The Bertz CT molecular complexity index is 752. The summed E-state index contributed by atoms with van der Waals surface area (Å²) in [6.45, 7) is 5.79. The summed E-state index contributed by atoms with van der Waals surface area (Å²) in [7, 11) is -2.11. The fourth-order valence-electron chi connectivity index (χ4n) is 2.12. The highest BCUT2D eigenvalue weighted by Gasteiger charge is 2.24. The van der Waals surface area contributed by atoms with Crippen LogP contribution in [0.1, 0.15) is 5.56 Å². The zero-order chi connectivity index (χ0) is 16.2. The fraction of sp³-hybridized carbons (Fsp3) is 0.176. The zero-order valence-corrected chi connectivity index (χ0v) is 13.5. The van der Waals surface area contributed by atoms with Gasteiger partial charge in [0.1, 0.15) is 5.75 Å². The van der Waals surface area contributed by atoms with Crippen LogP contribution < -0.4 is 9.04 Å². The molecule has 2 aromatic rings. The molecule has 0 aromatic heterocycles. The van der Waals surface area contributed by atoms with Gasteiger partial charge in [-0.3, -0.25) is 4.31 Å². The predicted octanol–water partition coefficient (Wildman–Crippen LogP) is 3.38. The fourth-order valence-corrected chi connectivity index (χ4v) is 3.54. The molecule has 0 atom stereocenters. The molecule has 4 nitrogen and oxygen atoms in total. The maximum absolute atomic E-state index is 12.9. The van der Waals surface area contributed by atoms with Crippen LogP contribution in [-0.4, -0.2) is 22.1 Å². The Hall–Kier alpha value is -2.27. The Morgan fingerprint density at radius 2 is 1.86 bits per heavy atom. The maximum Gasteiger partial charge on any atom is 0.264 e. The predicted molar refractivity (Wildman–Crippen MR) is 88.9 cm³/mol. The van der Waals surface area contributed by atoms with Crippen LogP contribution in [0.15, 0.2) is 66.1 Å². The topological polar surface area (TPSA) is 46.6 Å². The average molecular weight is 317 g/mol. The van der Waals surface area contributed by atoms with Crippen molar-refractivity contribution in [2.45, 2.75) is 11.8 Å². The second-order valence-electron chi connectivity index (χ2n) is 4.84. The highest BCUT2D eigenvalue weighted by Crippen LogP contribution is 2.25. The number of hydrogen-bond donors (Lipinski definition) is 0. The summed E-state index contributed by atoms with van der Waals surface area (Å²) in [5.74, 6) is 0.616. The summed E-state index contributed by atoms with van der Waals surface area (Å²) in [5.41, 5.74) is 1.62. The van der Waals surface area contributed by atoms with Gasteiger partial charge in [0.15, 0.2) is 0 Å². The van der Waals surface area contributed by atoms with E-state index in [1.165, 1.54) is 4.31 Å². The van der Waals surface area contributed by atoms with Gasteiger partial charge < -0.3 is 4.74 Å². The van der Waals surface area contributed by atoms with Crippen LogP contribution in [0.4, 0.5) is 5.69 Å². The first kappa shape index (κ1) is 16.1. The van der Waals surface area contributed by atoms with E-state index in [0.717, 1.165) is 5.56 Å². The molecule has 2 aromatic carbocycles. The van der Waals surface area contributed by atoms with Crippen molar-refractivity contribution in [2.75, 3.05) is 18.0 Å². The largest absolute Gasteiger partial charge is 0.497 e. The van der Waals surface area contributed by atoms with E-state index in [1.54, 1.807) is 43.5 Å². The van der Waals surface area contributed by atoms with Gasteiger partial charge in [0.05, 0.1) is 24.2 Å². The number of benzene rings is 2. The van der Waals surface area contributed by atoms with Crippen LogP contribution >= 0.6 is 0 Å². The second-order valence-corrected chi connectivity index (χ2v) is 6.70. The molecule has 0 spiro atoms. The SMILES string of the molecule is C=CCN(c1cccc(C)c1)S(=O)(=O)c1ccc(OC)cc1. The number of hydrogen-bond acceptors (Lipinski definition) is 3. The highest BCUT2D eigenvalue weighted by molar-refractivity contribution is 7.92. The lowest BCUT2D eigenvalue weighted by Gasteiger charge is -2.23. The first-order chi connectivity index (χ1) is 10.5. The quantitative estimate of drug-likeness (QED) is 0.767. The molecule has 0 aliphatic rings. The highest BCUT2D eigenvalue weighted by atomic mass is 32.2. The normalized spacial score (nSPS) is 11.0. The van der Waals surface area contributed by atoms with Gasteiger partial charge in [0.2, 0.25) is 0 Å². The van der Waals surface area contributed by atoms with Gasteiger partial charge in [-0.2, -0.15) is 0 Å². The third-order valence-corrected chi connectivity index (χ3v) is 5.04. The number of methoxy groups -OCH3 is 1. The Balaban J connectivity index is 2.47. The summed E-state index contributed by atoms with van der Waals surface area (Å²) in [4.78, 5) is 0.219. The number of anilines is 1. The van der Waals surface area contributed by atoms with Crippen molar-refractivity contribution in [3.05, 3.63) is 66.7 Å². The van der Waals surface area contributed by atoms with Crippen molar-refractivity contribution in [3.63, 3.8) is 0 Å². The maximum atomic E-state index is 12.9. The lowest BCUT2D eigenvalue weighted by molar-refractivity contribution is 0.414. The Morgan fingerprint density at radius 1 is 1.18 bits per heavy atom. The third-order valence-electron chi connectivity index (χ3n) is 3.23. The van der Waals surface area contributed by atoms with Crippen LogP contribution in [0.5, 0.6) is 5.75 Å². The van der Waals surface area contributed by atoms with Gasteiger partial charge in [-0.1, -0.05) is 18.2 Å². The van der Waals surface area contributed by atoms with Gasteiger partial charge in [-0.05, 0) is 48.9 Å². The minimum Gasteiger partial charge on any atom is -0.497 e. The lowest BCUT2D eigenvalue weighted by atomic mass is 10.2. The van der Waals surface area contributed by atoms with Gasteiger partial charge in [0.25, 0.3) is 10.0 Å². The van der Waals surface area contributed by atoms with Crippen molar-refractivity contribution in [2.24, 2.45) is 0 Å². The van der Waals surface area contributed by atoms with Crippen molar-refractivity contribution in [1.82, 2.24) is 0 Å². The molecule has 0 fully saturated rings. The first-order valence-electron chi connectivity index (χ1n) is 6.83. The van der Waals surface area contributed by atoms with Crippen LogP contribution in [0.25, 0.3) is 0 Å². The molecule has 0 bridgehead atoms. The molecule has 0 N–H and O–H groups in total. The number of rotatable bonds is 6. The molecule has 0 aliphatic carbocycles. The monoisotopic (exact) mass is 317 g/mol. The zero-order valence-electron chi connectivity index (χ0n) is 12.7. The third kappa shape index (κ3) is 3.31. The minimum absolute atomic E-state index is 0.206. The van der Waals surface area contributed by atoms with Crippen LogP contribution in [0.2, 0.25) is 0 Å². The van der Waals surface area contributed by atoms with E-state index < -0.39 is 10.0 Å². The number of nitrogens with zero attached hydrogens (tertiary/aromatic N) is 1. The molecule has 0 aliphatic heterocycles. The average Bonchev–Trinajstić information content (AvgIpc) is 2.52. The smallest absolute Gasteiger partial charge is 0.264 e. The summed E-state index contributed by atoms with van der Waals surface area (Å²) in [5, 5.41) is 0. The molecule has 0 saturated heterocycles. The molecule has 116 valence electrons. The standard InChI is InChI=1S/C17H19NO3S/c1-4-12-18(15-7-5-6-14(2)13-15)22(19,20)17-10-8-16(21-3)9-11-17/h4-11,13H,1,12H2,2-3H3. The van der Waals surface area contributed by atoms with Crippen molar-refractivity contribution in [3.8, 4) is 5.75 Å². The lowest BCUT2D eigenvalue weighted by Crippen LogP contribution is -2.31. The summed E-state index contributed by atoms with van der Waals surface area (Å²) in [6.07, 6.45) is 1.57. The Labute approximate surface area is 131 Å². The summed E-state index contributed by atoms with van der Waals surface area (Å²) in [6, 6.07) is 13.7. The number of aryl methyl sites for hydroxylation is 1. The molecule has 0 saturated carbocycles. The van der Waals surface area contributed by atoms with Gasteiger partial charge in [-0.15, -0.1) is 6.58 Å². The molecule has 22 heavy (non-hydrogen) atoms. The van der Waals surface area contributed by atoms with E-state index in [0.29, 0.717) is 11.4 Å².